The van der Waals surface area contributed by atoms with Crippen LogP contribution >= 0.6 is 0 Å². The minimum atomic E-state index is 0.328. The second kappa shape index (κ2) is 7.41. The van der Waals surface area contributed by atoms with Crippen LogP contribution in [0.5, 0.6) is 0 Å². The van der Waals surface area contributed by atoms with Crippen LogP contribution in [0.25, 0.3) is 0 Å². The summed E-state index contributed by atoms with van der Waals surface area (Å²) in [4.78, 5) is 8.77. The average molecular weight is 317 g/mol. The van der Waals surface area contributed by atoms with Crippen LogP contribution in [0, 0.1) is 13.8 Å². The SMILES string of the molecule is Cc1noc(C)c1CCNc1nccc(NC2CCCOC2)n1. The predicted octanol–water partition coefficient (Wildman–Crippen LogP) is 2.33. The van der Waals surface area contributed by atoms with Gasteiger partial charge in [-0.2, -0.15) is 4.98 Å². The van der Waals surface area contributed by atoms with Gasteiger partial charge >= 0.3 is 0 Å². The molecule has 23 heavy (non-hydrogen) atoms. The minimum Gasteiger partial charge on any atom is -0.379 e. The zero-order chi connectivity index (χ0) is 16.1. The zero-order valence-corrected chi connectivity index (χ0v) is 13.6. The molecule has 0 amide bonds. The van der Waals surface area contributed by atoms with Gasteiger partial charge in [-0.3, -0.25) is 0 Å². The van der Waals surface area contributed by atoms with Crippen molar-refractivity contribution in [3.8, 4) is 0 Å². The van der Waals surface area contributed by atoms with E-state index in [0.29, 0.717) is 12.0 Å². The smallest absolute Gasteiger partial charge is 0.224 e. The number of rotatable bonds is 6. The highest BCUT2D eigenvalue weighted by Crippen LogP contribution is 2.15. The minimum absolute atomic E-state index is 0.328. The molecule has 1 aliphatic rings. The van der Waals surface area contributed by atoms with Crippen molar-refractivity contribution in [1.82, 2.24) is 15.1 Å². The first kappa shape index (κ1) is 15.7. The Morgan fingerprint density at radius 2 is 2.26 bits per heavy atom. The van der Waals surface area contributed by atoms with Crippen LogP contribution in [0.4, 0.5) is 11.8 Å². The monoisotopic (exact) mass is 317 g/mol. The molecule has 124 valence electrons. The van der Waals surface area contributed by atoms with Gasteiger partial charge in [-0.1, -0.05) is 5.16 Å². The van der Waals surface area contributed by atoms with Crippen molar-refractivity contribution in [1.29, 1.82) is 0 Å². The molecule has 0 aliphatic carbocycles. The maximum Gasteiger partial charge on any atom is 0.224 e. The second-order valence-electron chi connectivity index (χ2n) is 5.80. The first-order valence-electron chi connectivity index (χ1n) is 8.05. The molecule has 0 aromatic carbocycles. The summed E-state index contributed by atoms with van der Waals surface area (Å²) < 4.78 is 10.6. The van der Waals surface area contributed by atoms with Gasteiger partial charge in [0.1, 0.15) is 11.6 Å². The fourth-order valence-electron chi connectivity index (χ4n) is 2.75. The molecule has 0 radical (unpaired) electrons. The molecule has 0 saturated carbocycles. The van der Waals surface area contributed by atoms with Crippen molar-refractivity contribution < 1.29 is 9.26 Å². The molecule has 3 rings (SSSR count). The lowest BCUT2D eigenvalue weighted by Crippen LogP contribution is -2.30. The van der Waals surface area contributed by atoms with Crippen molar-refractivity contribution in [3.63, 3.8) is 0 Å². The third-order valence-corrected chi connectivity index (χ3v) is 4.01. The van der Waals surface area contributed by atoms with Crippen LogP contribution in [0.3, 0.4) is 0 Å². The Morgan fingerprint density at radius 3 is 3.00 bits per heavy atom. The number of anilines is 2. The summed E-state index contributed by atoms with van der Waals surface area (Å²) in [5.41, 5.74) is 2.09. The Kier molecular flexibility index (Phi) is 5.07. The highest BCUT2D eigenvalue weighted by atomic mass is 16.5. The molecule has 0 bridgehead atoms. The largest absolute Gasteiger partial charge is 0.379 e. The summed E-state index contributed by atoms with van der Waals surface area (Å²) in [5, 5.41) is 10.6. The Hall–Kier alpha value is -2.15. The van der Waals surface area contributed by atoms with E-state index in [-0.39, 0.29) is 0 Å². The van der Waals surface area contributed by atoms with Crippen LogP contribution in [-0.2, 0) is 11.2 Å². The summed E-state index contributed by atoms with van der Waals surface area (Å²) in [6, 6.07) is 2.21. The van der Waals surface area contributed by atoms with Gasteiger partial charge in [-0.25, -0.2) is 4.98 Å². The number of aryl methyl sites for hydroxylation is 2. The molecule has 1 fully saturated rings. The summed E-state index contributed by atoms with van der Waals surface area (Å²) >= 11 is 0. The molecule has 1 unspecified atom stereocenters. The summed E-state index contributed by atoms with van der Waals surface area (Å²) in [6.45, 7) is 6.22. The van der Waals surface area contributed by atoms with E-state index in [1.165, 1.54) is 0 Å². The topological polar surface area (TPSA) is 85.1 Å². The average Bonchev–Trinajstić information content (AvgIpc) is 2.88. The molecule has 1 aliphatic heterocycles. The third-order valence-electron chi connectivity index (χ3n) is 4.01. The molecular formula is C16H23N5O2. The standard InChI is InChI=1S/C16H23N5O2/c1-11-14(12(2)23-21-11)5-7-17-16-18-8-6-15(20-16)19-13-4-3-9-22-10-13/h6,8,13H,3-5,7,9-10H2,1-2H3,(H2,17,18,19,20). The van der Waals surface area contributed by atoms with Gasteiger partial charge in [0, 0.05) is 24.9 Å². The van der Waals surface area contributed by atoms with Crippen LogP contribution in [-0.4, -0.2) is 40.9 Å². The predicted molar refractivity (Wildman–Crippen MR) is 87.7 cm³/mol. The van der Waals surface area contributed by atoms with E-state index in [0.717, 1.165) is 61.9 Å². The van der Waals surface area contributed by atoms with Crippen molar-refractivity contribution in [3.05, 3.63) is 29.3 Å². The molecular weight excluding hydrogens is 294 g/mol. The number of nitrogens with zero attached hydrogens (tertiary/aromatic N) is 3. The van der Waals surface area contributed by atoms with Gasteiger partial charge in [0.15, 0.2) is 0 Å². The molecule has 1 saturated heterocycles. The number of aromatic nitrogens is 3. The lowest BCUT2D eigenvalue weighted by Gasteiger charge is -2.23. The van der Waals surface area contributed by atoms with E-state index >= 15 is 0 Å². The fraction of sp³-hybridized carbons (Fsp3) is 0.562. The Balaban J connectivity index is 1.53. The maximum absolute atomic E-state index is 5.48. The molecule has 2 aromatic heterocycles. The van der Waals surface area contributed by atoms with E-state index < -0.39 is 0 Å². The van der Waals surface area contributed by atoms with Gasteiger partial charge in [-0.15, -0.1) is 0 Å². The summed E-state index contributed by atoms with van der Waals surface area (Å²) in [7, 11) is 0. The third kappa shape index (κ3) is 4.19. The van der Waals surface area contributed by atoms with Crippen molar-refractivity contribution in [2.45, 2.75) is 39.2 Å². The molecule has 1 atom stereocenters. The van der Waals surface area contributed by atoms with Crippen molar-refractivity contribution >= 4 is 11.8 Å². The number of hydrogen-bond donors (Lipinski definition) is 2. The van der Waals surface area contributed by atoms with E-state index in [1.807, 2.05) is 19.9 Å². The lowest BCUT2D eigenvalue weighted by atomic mass is 10.1. The number of hydrogen-bond acceptors (Lipinski definition) is 7. The van der Waals surface area contributed by atoms with Gasteiger partial charge in [0.25, 0.3) is 0 Å². The van der Waals surface area contributed by atoms with Crippen LogP contribution in [0.2, 0.25) is 0 Å². The highest BCUT2D eigenvalue weighted by molar-refractivity contribution is 5.40. The quantitative estimate of drug-likeness (QED) is 0.845. The van der Waals surface area contributed by atoms with Gasteiger partial charge in [-0.05, 0) is 39.2 Å². The molecule has 0 spiro atoms. The van der Waals surface area contributed by atoms with Crippen molar-refractivity contribution in [2.75, 3.05) is 30.4 Å². The van der Waals surface area contributed by atoms with E-state index in [2.05, 4.69) is 25.8 Å². The van der Waals surface area contributed by atoms with Crippen LogP contribution in [0.15, 0.2) is 16.8 Å². The van der Waals surface area contributed by atoms with Gasteiger partial charge in [0.05, 0.1) is 18.3 Å². The van der Waals surface area contributed by atoms with Gasteiger partial charge in [0.2, 0.25) is 5.95 Å². The normalized spacial score (nSPS) is 17.9. The van der Waals surface area contributed by atoms with Crippen LogP contribution in [0.1, 0.15) is 29.9 Å². The Bertz CT molecular complexity index is 618. The van der Waals surface area contributed by atoms with E-state index in [9.17, 15) is 0 Å². The molecule has 3 heterocycles. The van der Waals surface area contributed by atoms with E-state index in [4.69, 9.17) is 9.26 Å². The lowest BCUT2D eigenvalue weighted by molar-refractivity contribution is 0.0875. The summed E-state index contributed by atoms with van der Waals surface area (Å²) in [6.07, 6.45) is 4.79. The zero-order valence-electron chi connectivity index (χ0n) is 13.6. The fourth-order valence-corrected chi connectivity index (χ4v) is 2.75. The first-order valence-corrected chi connectivity index (χ1v) is 8.05. The van der Waals surface area contributed by atoms with Gasteiger partial charge < -0.3 is 19.9 Å². The van der Waals surface area contributed by atoms with Crippen LogP contribution < -0.4 is 10.6 Å². The summed E-state index contributed by atoms with van der Waals surface area (Å²) in [5.74, 6) is 2.33. The molecule has 7 heteroatoms. The maximum atomic E-state index is 5.48. The highest BCUT2D eigenvalue weighted by Gasteiger charge is 2.14. The molecule has 7 nitrogen and oxygen atoms in total. The molecule has 2 aromatic rings. The second-order valence-corrected chi connectivity index (χ2v) is 5.80. The Morgan fingerprint density at radius 1 is 1.35 bits per heavy atom. The number of ether oxygens (including phenoxy) is 1. The Labute approximate surface area is 135 Å². The first-order chi connectivity index (χ1) is 11.2. The number of nitrogens with one attached hydrogen (secondary N) is 2. The van der Waals surface area contributed by atoms with E-state index in [1.54, 1.807) is 6.20 Å². The molecule has 2 N–H and O–H groups in total. The van der Waals surface area contributed by atoms with Crippen molar-refractivity contribution in [2.24, 2.45) is 0 Å².